The van der Waals surface area contributed by atoms with Crippen LogP contribution >= 0.6 is 15.9 Å². The van der Waals surface area contributed by atoms with Gasteiger partial charge in [-0.15, -0.1) is 5.54 Å². The minimum absolute atomic E-state index is 0.311. The van der Waals surface area contributed by atoms with Crippen LogP contribution in [0.5, 0.6) is 5.75 Å². The van der Waals surface area contributed by atoms with Gasteiger partial charge >= 0.3 is 0 Å². The topological polar surface area (TPSA) is 38.3 Å². The summed E-state index contributed by atoms with van der Waals surface area (Å²) < 4.78 is 6.04. The highest BCUT2D eigenvalue weighted by Crippen LogP contribution is 2.27. The van der Waals surface area contributed by atoms with Crippen LogP contribution in [0.4, 0.5) is 5.69 Å². The maximum absolute atomic E-state index is 11.7. The van der Waals surface area contributed by atoms with E-state index in [1.807, 2.05) is 6.07 Å². The van der Waals surface area contributed by atoms with Crippen LogP contribution in [0, 0.1) is 11.5 Å². The first-order chi connectivity index (χ1) is 8.31. The van der Waals surface area contributed by atoms with Crippen molar-refractivity contribution in [3.63, 3.8) is 0 Å². The van der Waals surface area contributed by atoms with Gasteiger partial charge in [0.15, 0.2) is 0 Å². The van der Waals surface area contributed by atoms with E-state index < -0.39 is 8.07 Å². The molecule has 0 unspecified atom stereocenters. The Morgan fingerprint density at radius 3 is 2.61 bits per heavy atom. The highest BCUT2D eigenvalue weighted by atomic mass is 79.9. The van der Waals surface area contributed by atoms with E-state index in [0.717, 1.165) is 4.47 Å². The third kappa shape index (κ3) is 4.94. The molecule has 0 saturated heterocycles. The predicted octanol–water partition coefficient (Wildman–Crippen LogP) is 3.28. The SMILES string of the molecule is COc1ccc(Br)cc1NC(=O)C#C[Si](C)(C)C. The zero-order valence-corrected chi connectivity index (χ0v) is 13.5. The molecule has 1 N–H and O–H groups in total. The molecule has 1 amide bonds. The Morgan fingerprint density at radius 2 is 2.06 bits per heavy atom. The summed E-state index contributed by atoms with van der Waals surface area (Å²) in [5.74, 6) is 2.93. The van der Waals surface area contributed by atoms with Crippen molar-refractivity contribution in [1.29, 1.82) is 0 Å². The fraction of sp³-hybridized carbons (Fsp3) is 0.308. The number of carbonyl (C=O) groups excluding carboxylic acids is 1. The molecule has 1 aromatic rings. The first-order valence-electron chi connectivity index (χ1n) is 5.49. The second-order valence-corrected chi connectivity index (χ2v) is 10.5. The lowest BCUT2D eigenvalue weighted by atomic mass is 10.3. The minimum Gasteiger partial charge on any atom is -0.495 e. The average Bonchev–Trinajstić information content (AvgIpc) is 2.26. The summed E-state index contributed by atoms with van der Waals surface area (Å²) in [5, 5.41) is 2.73. The van der Waals surface area contributed by atoms with Crippen molar-refractivity contribution in [2.24, 2.45) is 0 Å². The second kappa shape index (κ2) is 6.07. The second-order valence-electron chi connectivity index (χ2n) is 4.80. The molecule has 0 fully saturated rings. The van der Waals surface area contributed by atoms with Crippen LogP contribution in [0.25, 0.3) is 0 Å². The molecule has 5 heteroatoms. The van der Waals surface area contributed by atoms with E-state index in [1.54, 1.807) is 19.2 Å². The Hall–Kier alpha value is -1.25. The van der Waals surface area contributed by atoms with Crippen molar-refractivity contribution in [3.8, 4) is 17.2 Å². The normalized spacial score (nSPS) is 10.3. The fourth-order valence-corrected chi connectivity index (χ4v) is 2.03. The molecule has 0 bridgehead atoms. The van der Waals surface area contributed by atoms with E-state index in [0.29, 0.717) is 11.4 Å². The van der Waals surface area contributed by atoms with Gasteiger partial charge in [0.25, 0.3) is 5.91 Å². The summed E-state index contributed by atoms with van der Waals surface area (Å²) in [6.45, 7) is 6.27. The molecule has 1 rings (SSSR count). The van der Waals surface area contributed by atoms with Crippen molar-refractivity contribution >= 4 is 35.6 Å². The van der Waals surface area contributed by atoms with Crippen molar-refractivity contribution < 1.29 is 9.53 Å². The van der Waals surface area contributed by atoms with Crippen LogP contribution < -0.4 is 10.1 Å². The van der Waals surface area contributed by atoms with Crippen molar-refractivity contribution in [2.45, 2.75) is 19.6 Å². The number of halogens is 1. The molecule has 0 radical (unpaired) electrons. The van der Waals surface area contributed by atoms with Gasteiger partial charge in [-0.3, -0.25) is 4.79 Å². The number of rotatable bonds is 2. The lowest BCUT2D eigenvalue weighted by Gasteiger charge is -2.08. The fourth-order valence-electron chi connectivity index (χ4n) is 1.18. The van der Waals surface area contributed by atoms with Crippen LogP contribution in [0.2, 0.25) is 19.6 Å². The van der Waals surface area contributed by atoms with Crippen LogP contribution in [-0.2, 0) is 4.79 Å². The van der Waals surface area contributed by atoms with Gasteiger partial charge in [0.2, 0.25) is 0 Å². The average molecular weight is 326 g/mol. The van der Waals surface area contributed by atoms with Crippen LogP contribution in [0.1, 0.15) is 0 Å². The number of nitrogens with one attached hydrogen (secondary N) is 1. The maximum atomic E-state index is 11.7. The third-order valence-corrected chi connectivity index (χ3v) is 3.33. The molecule has 0 aliphatic carbocycles. The van der Waals surface area contributed by atoms with Gasteiger partial charge in [-0.25, -0.2) is 0 Å². The van der Waals surface area contributed by atoms with E-state index in [-0.39, 0.29) is 5.91 Å². The molecule has 1 aromatic carbocycles. The number of ether oxygens (including phenoxy) is 1. The maximum Gasteiger partial charge on any atom is 0.299 e. The van der Waals surface area contributed by atoms with E-state index in [1.165, 1.54) is 0 Å². The molecular formula is C13H16BrNO2Si. The predicted molar refractivity (Wildman–Crippen MR) is 80.4 cm³/mol. The van der Waals surface area contributed by atoms with Gasteiger partial charge in [-0.2, -0.15) is 0 Å². The Kier molecular flexibility index (Phi) is 5.00. The van der Waals surface area contributed by atoms with E-state index in [2.05, 4.69) is 52.4 Å². The summed E-state index contributed by atoms with van der Waals surface area (Å²) in [5.41, 5.74) is 3.63. The molecule has 0 atom stereocenters. The monoisotopic (exact) mass is 325 g/mol. The van der Waals surface area contributed by atoms with Gasteiger partial charge in [0, 0.05) is 4.47 Å². The van der Waals surface area contributed by atoms with Crippen molar-refractivity contribution in [3.05, 3.63) is 22.7 Å². The summed E-state index contributed by atoms with van der Waals surface area (Å²) in [7, 11) is 0.0297. The number of methoxy groups -OCH3 is 1. The molecule has 0 spiro atoms. The zero-order valence-electron chi connectivity index (χ0n) is 10.9. The molecular weight excluding hydrogens is 310 g/mol. The summed E-state index contributed by atoms with van der Waals surface area (Å²) in [6, 6.07) is 5.42. The number of carbonyl (C=O) groups is 1. The Bertz CT molecular complexity index is 512. The number of amides is 1. The lowest BCUT2D eigenvalue weighted by Crippen LogP contribution is -2.18. The summed E-state index contributed by atoms with van der Waals surface area (Å²) >= 11 is 3.35. The quantitative estimate of drug-likeness (QED) is 0.669. The minimum atomic E-state index is -1.53. The number of hydrogen-bond acceptors (Lipinski definition) is 2. The molecule has 0 saturated carbocycles. The smallest absolute Gasteiger partial charge is 0.299 e. The van der Waals surface area contributed by atoms with E-state index in [9.17, 15) is 4.79 Å². The summed E-state index contributed by atoms with van der Waals surface area (Å²) in [4.78, 5) is 11.7. The number of anilines is 1. The Labute approximate surface area is 117 Å². The third-order valence-electron chi connectivity index (χ3n) is 1.96. The van der Waals surface area contributed by atoms with Crippen LogP contribution in [0.15, 0.2) is 22.7 Å². The summed E-state index contributed by atoms with van der Waals surface area (Å²) in [6.07, 6.45) is 0. The number of benzene rings is 1. The molecule has 0 aliphatic rings. The van der Waals surface area contributed by atoms with Gasteiger partial charge in [-0.1, -0.05) is 35.6 Å². The first kappa shape index (κ1) is 14.8. The Morgan fingerprint density at radius 1 is 1.39 bits per heavy atom. The highest BCUT2D eigenvalue weighted by Gasteiger charge is 2.10. The molecule has 0 aromatic heterocycles. The van der Waals surface area contributed by atoms with E-state index in [4.69, 9.17) is 4.74 Å². The van der Waals surface area contributed by atoms with Crippen LogP contribution in [0.3, 0.4) is 0 Å². The van der Waals surface area contributed by atoms with Gasteiger partial charge < -0.3 is 10.1 Å². The molecule has 0 aliphatic heterocycles. The number of hydrogen-bond donors (Lipinski definition) is 1. The highest BCUT2D eigenvalue weighted by molar-refractivity contribution is 9.10. The molecule has 0 heterocycles. The van der Waals surface area contributed by atoms with Crippen molar-refractivity contribution in [2.75, 3.05) is 12.4 Å². The zero-order chi connectivity index (χ0) is 13.8. The van der Waals surface area contributed by atoms with Gasteiger partial charge in [0.05, 0.1) is 12.8 Å². The van der Waals surface area contributed by atoms with E-state index >= 15 is 0 Å². The standard InChI is InChI=1S/C13H16BrNO2Si/c1-17-12-6-5-10(14)9-11(12)15-13(16)7-8-18(2,3)4/h5-6,9H,1-4H3,(H,15,16). The van der Waals surface area contributed by atoms with Gasteiger partial charge in [-0.05, 0) is 24.1 Å². The first-order valence-corrected chi connectivity index (χ1v) is 9.79. The lowest BCUT2D eigenvalue weighted by molar-refractivity contribution is -0.111. The largest absolute Gasteiger partial charge is 0.495 e. The molecule has 18 heavy (non-hydrogen) atoms. The Balaban J connectivity index is 2.87. The molecule has 96 valence electrons. The van der Waals surface area contributed by atoms with Crippen molar-refractivity contribution in [1.82, 2.24) is 0 Å². The van der Waals surface area contributed by atoms with Gasteiger partial charge in [0.1, 0.15) is 13.8 Å². The van der Waals surface area contributed by atoms with Crippen LogP contribution in [-0.4, -0.2) is 21.1 Å². The molecule has 3 nitrogen and oxygen atoms in total.